The quantitative estimate of drug-likeness (QED) is 0.430. The van der Waals surface area contributed by atoms with E-state index >= 15 is 0 Å². The van der Waals surface area contributed by atoms with Crippen molar-refractivity contribution < 1.29 is 24.1 Å². The van der Waals surface area contributed by atoms with Crippen molar-refractivity contribution in [2.75, 3.05) is 0 Å². The lowest BCUT2D eigenvalue weighted by Gasteiger charge is -2.21. The Balaban J connectivity index is 1.71. The second-order valence-corrected chi connectivity index (χ2v) is 8.49. The molecule has 2 N–H and O–H groups in total. The lowest BCUT2D eigenvalue weighted by molar-refractivity contribution is -0.157. The first-order chi connectivity index (χ1) is 14.2. The van der Waals surface area contributed by atoms with Crippen molar-refractivity contribution in [2.24, 2.45) is 0 Å². The number of aromatic nitrogens is 2. The van der Waals surface area contributed by atoms with Crippen LogP contribution in [-0.4, -0.2) is 25.7 Å². The van der Waals surface area contributed by atoms with E-state index in [0.29, 0.717) is 33.6 Å². The van der Waals surface area contributed by atoms with Crippen LogP contribution in [0.25, 0.3) is 22.3 Å². The number of aliphatic hydroxyl groups is 2. The van der Waals surface area contributed by atoms with E-state index in [1.807, 2.05) is 0 Å². The van der Waals surface area contributed by atoms with Crippen LogP contribution in [0.3, 0.4) is 0 Å². The number of cyclic esters (lactones) is 1. The molecule has 6 rings (SSSR count). The van der Waals surface area contributed by atoms with Crippen LogP contribution in [0.4, 0.5) is 4.39 Å². The Morgan fingerprint density at radius 1 is 1.27 bits per heavy atom. The fourth-order valence-corrected chi connectivity index (χ4v) is 5.18. The number of carbonyl (C=O) groups excluding carboxylic acids is 1. The van der Waals surface area contributed by atoms with Crippen molar-refractivity contribution in [3.63, 3.8) is 0 Å². The minimum atomic E-state index is -1.54. The van der Waals surface area contributed by atoms with E-state index in [-0.39, 0.29) is 36.3 Å². The average Bonchev–Trinajstić information content (AvgIpc) is 3.19. The van der Waals surface area contributed by atoms with Gasteiger partial charge in [-0.15, -0.1) is 0 Å². The van der Waals surface area contributed by atoms with Crippen LogP contribution in [-0.2, 0) is 34.7 Å². The Bertz CT molecular complexity index is 1410. The van der Waals surface area contributed by atoms with Crippen molar-refractivity contribution in [1.82, 2.24) is 9.55 Å². The molecule has 0 bridgehead atoms. The van der Waals surface area contributed by atoms with Crippen LogP contribution in [0, 0.1) is 12.7 Å². The fraction of sp³-hybridized carbons (Fsp3) is 0.318. The van der Waals surface area contributed by atoms with Crippen molar-refractivity contribution in [1.29, 1.82) is 0 Å². The smallest absolute Gasteiger partial charge is 0.340 e. The molecule has 0 spiro atoms. The first kappa shape index (κ1) is 17.7. The highest BCUT2D eigenvalue weighted by molar-refractivity contribution is 5.94. The maximum atomic E-state index is 14.5. The summed E-state index contributed by atoms with van der Waals surface area (Å²) >= 11 is 0. The van der Waals surface area contributed by atoms with E-state index in [4.69, 9.17) is 4.74 Å². The van der Waals surface area contributed by atoms with Gasteiger partial charge in [-0.1, -0.05) is 0 Å². The summed E-state index contributed by atoms with van der Waals surface area (Å²) in [6.45, 7) is 3.38. The number of nitrogens with zero attached hydrogens (tertiary/aromatic N) is 2. The number of aliphatic hydroxyl groups excluding tert-OH is 1. The summed E-state index contributed by atoms with van der Waals surface area (Å²) in [4.78, 5) is 29.5. The normalized spacial score (nSPS) is 23.4. The summed E-state index contributed by atoms with van der Waals surface area (Å²) in [5.41, 5.74) is 2.74. The standard InChI is InChI=1S/C22H17FN2O5/c1-8-10-5-22(2,29)17-11-6-25-15(18(11)24-14(16(10)17)4-13(8)23)3-9-12(20(25)27)7-30-21(28)19(9)26/h3-4,19,26,29H,5-7H2,1-2H3. The van der Waals surface area contributed by atoms with Gasteiger partial charge in [-0.2, -0.15) is 0 Å². The van der Waals surface area contributed by atoms with Crippen LogP contribution in [0.5, 0.6) is 0 Å². The number of pyridine rings is 2. The number of benzene rings is 1. The van der Waals surface area contributed by atoms with Gasteiger partial charge < -0.3 is 19.5 Å². The second kappa shape index (κ2) is 5.33. The summed E-state index contributed by atoms with van der Waals surface area (Å²) in [5, 5.41) is 22.2. The molecule has 0 fully saturated rings. The molecule has 0 saturated heterocycles. The van der Waals surface area contributed by atoms with Crippen molar-refractivity contribution in [3.05, 3.63) is 61.7 Å². The highest BCUT2D eigenvalue weighted by Crippen LogP contribution is 2.48. The van der Waals surface area contributed by atoms with Gasteiger partial charge in [-0.25, -0.2) is 14.2 Å². The number of halogens is 1. The van der Waals surface area contributed by atoms with Gasteiger partial charge in [0.2, 0.25) is 0 Å². The molecular weight excluding hydrogens is 391 g/mol. The van der Waals surface area contributed by atoms with E-state index in [0.717, 1.165) is 10.9 Å². The molecule has 2 aliphatic heterocycles. The predicted octanol–water partition coefficient (Wildman–Crippen LogP) is 1.73. The largest absolute Gasteiger partial charge is 0.458 e. The minimum Gasteiger partial charge on any atom is -0.458 e. The number of hydrogen-bond acceptors (Lipinski definition) is 6. The maximum absolute atomic E-state index is 14.5. The van der Waals surface area contributed by atoms with E-state index in [1.54, 1.807) is 19.9 Å². The van der Waals surface area contributed by atoms with Gasteiger partial charge in [-0.3, -0.25) is 4.79 Å². The number of fused-ring (bicyclic) bond motifs is 5. The molecule has 0 amide bonds. The Morgan fingerprint density at radius 3 is 2.80 bits per heavy atom. The molecule has 8 heteroatoms. The van der Waals surface area contributed by atoms with Crippen molar-refractivity contribution in [3.8, 4) is 11.4 Å². The Kier molecular flexibility index (Phi) is 3.15. The summed E-state index contributed by atoms with van der Waals surface area (Å²) in [6.07, 6.45) is -1.27. The minimum absolute atomic E-state index is 0.199. The number of hydrogen-bond donors (Lipinski definition) is 2. The summed E-state index contributed by atoms with van der Waals surface area (Å²) in [6, 6.07) is 2.93. The molecule has 2 unspecified atom stereocenters. The van der Waals surface area contributed by atoms with Crippen LogP contribution >= 0.6 is 0 Å². The highest BCUT2D eigenvalue weighted by atomic mass is 19.1. The average molecular weight is 408 g/mol. The molecule has 3 aliphatic rings. The van der Waals surface area contributed by atoms with Crippen LogP contribution in [0.15, 0.2) is 16.9 Å². The van der Waals surface area contributed by atoms with E-state index in [2.05, 4.69) is 4.98 Å². The summed E-state index contributed by atoms with van der Waals surface area (Å²) in [5.74, 6) is -1.20. The number of carbonyl (C=O) groups is 1. The third kappa shape index (κ3) is 1.97. The van der Waals surface area contributed by atoms with E-state index < -0.39 is 23.5 Å². The lowest BCUT2D eigenvalue weighted by atomic mass is 9.92. The van der Waals surface area contributed by atoms with Gasteiger partial charge in [0.15, 0.2) is 6.10 Å². The fourth-order valence-electron chi connectivity index (χ4n) is 5.18. The zero-order valence-corrected chi connectivity index (χ0v) is 16.2. The molecule has 0 saturated carbocycles. The summed E-state index contributed by atoms with van der Waals surface area (Å²) < 4.78 is 21.0. The van der Waals surface area contributed by atoms with Gasteiger partial charge in [0.1, 0.15) is 12.4 Å². The number of ether oxygens (including phenoxy) is 1. The highest BCUT2D eigenvalue weighted by Gasteiger charge is 2.42. The molecular formula is C22H17FN2O5. The molecule has 30 heavy (non-hydrogen) atoms. The topological polar surface area (TPSA) is 102 Å². The second-order valence-electron chi connectivity index (χ2n) is 8.49. The Hall–Kier alpha value is -3.10. The van der Waals surface area contributed by atoms with Crippen LogP contribution < -0.4 is 5.56 Å². The molecule has 3 aromatic rings. The van der Waals surface area contributed by atoms with Crippen molar-refractivity contribution >= 4 is 16.9 Å². The van der Waals surface area contributed by atoms with Gasteiger partial charge in [0.25, 0.3) is 5.56 Å². The summed E-state index contributed by atoms with van der Waals surface area (Å²) in [7, 11) is 0. The molecule has 152 valence electrons. The number of rotatable bonds is 0. The first-order valence-corrected chi connectivity index (χ1v) is 9.68. The van der Waals surface area contributed by atoms with Gasteiger partial charge in [-0.05, 0) is 31.0 Å². The van der Waals surface area contributed by atoms with Crippen LogP contribution in [0.1, 0.15) is 46.4 Å². The third-order valence-corrected chi connectivity index (χ3v) is 6.63. The lowest BCUT2D eigenvalue weighted by Crippen LogP contribution is -2.32. The Morgan fingerprint density at radius 2 is 2.03 bits per heavy atom. The molecule has 0 radical (unpaired) electrons. The molecule has 4 heterocycles. The molecule has 2 atom stereocenters. The number of esters is 1. The third-order valence-electron chi connectivity index (χ3n) is 6.63. The monoisotopic (exact) mass is 408 g/mol. The van der Waals surface area contributed by atoms with E-state index in [9.17, 15) is 24.2 Å². The zero-order valence-electron chi connectivity index (χ0n) is 16.2. The van der Waals surface area contributed by atoms with Crippen LogP contribution in [0.2, 0.25) is 0 Å². The van der Waals surface area contributed by atoms with Gasteiger partial charge in [0, 0.05) is 34.6 Å². The molecule has 1 aromatic carbocycles. The van der Waals surface area contributed by atoms with Gasteiger partial charge >= 0.3 is 5.97 Å². The maximum Gasteiger partial charge on any atom is 0.340 e. The predicted molar refractivity (Wildman–Crippen MR) is 103 cm³/mol. The zero-order chi connectivity index (χ0) is 21.1. The molecule has 7 nitrogen and oxygen atoms in total. The van der Waals surface area contributed by atoms with Gasteiger partial charge in [0.05, 0.1) is 34.6 Å². The molecule has 2 aromatic heterocycles. The SMILES string of the molecule is Cc1c(F)cc2nc3c(c4c2c1CC4(C)O)Cn1c-3cc2c(c1=O)COC(=O)C2O. The van der Waals surface area contributed by atoms with Crippen molar-refractivity contribution in [2.45, 2.75) is 45.1 Å². The molecule has 1 aliphatic carbocycles. The Labute approximate surface area is 169 Å². The van der Waals surface area contributed by atoms with E-state index in [1.165, 1.54) is 10.6 Å². The first-order valence-electron chi connectivity index (χ1n) is 9.68.